The predicted molar refractivity (Wildman–Crippen MR) is 67.4 cm³/mol. The van der Waals surface area contributed by atoms with Gasteiger partial charge in [0, 0.05) is 5.39 Å². The zero-order valence-corrected chi connectivity index (χ0v) is 10.5. The van der Waals surface area contributed by atoms with Crippen molar-refractivity contribution in [3.8, 4) is 0 Å². The largest absolute Gasteiger partial charge is 0.478 e. The third-order valence-corrected chi connectivity index (χ3v) is 2.79. The zero-order valence-electron chi connectivity index (χ0n) is 10.5. The van der Waals surface area contributed by atoms with Crippen LogP contribution in [0.25, 0.3) is 10.9 Å². The van der Waals surface area contributed by atoms with Gasteiger partial charge in [-0.15, -0.1) is 0 Å². The minimum Gasteiger partial charge on any atom is -0.478 e. The highest BCUT2D eigenvalue weighted by atomic mass is 16.4. The Kier molecular flexibility index (Phi) is 3.43. The standard InChI is InChI=1S/C12H6N2O8/c15-9(16)3-1-4-6(8(12(21)22)14-2-13-4)7(11(19)20)5(3)10(17)18/h1-2H,(H,15,16)(H,17,18)(H,19,20)(H,21,22). The summed E-state index contributed by atoms with van der Waals surface area (Å²) in [4.78, 5) is 52.0. The minimum absolute atomic E-state index is 0.299. The van der Waals surface area contributed by atoms with Gasteiger partial charge in [0.25, 0.3) is 0 Å². The second-order valence-corrected chi connectivity index (χ2v) is 4.01. The average Bonchev–Trinajstić information content (AvgIpc) is 2.43. The summed E-state index contributed by atoms with van der Waals surface area (Å²) in [5, 5.41) is 35.9. The molecule has 112 valence electrons. The Bertz CT molecular complexity index is 858. The molecule has 0 saturated carbocycles. The van der Waals surface area contributed by atoms with Crippen molar-refractivity contribution in [1.29, 1.82) is 0 Å². The summed E-state index contributed by atoms with van der Waals surface area (Å²) in [6, 6.07) is 0.793. The van der Waals surface area contributed by atoms with E-state index in [1.165, 1.54) is 0 Å². The van der Waals surface area contributed by atoms with Gasteiger partial charge in [-0.2, -0.15) is 0 Å². The van der Waals surface area contributed by atoms with Crippen LogP contribution in [0.3, 0.4) is 0 Å². The number of aromatic nitrogens is 2. The molecule has 0 saturated heterocycles. The molecule has 10 heteroatoms. The van der Waals surface area contributed by atoms with Crippen LogP contribution in [-0.4, -0.2) is 54.3 Å². The van der Waals surface area contributed by atoms with Crippen molar-refractivity contribution in [2.45, 2.75) is 0 Å². The Balaban J connectivity index is 3.16. The number of carbonyl (C=O) groups is 4. The first-order valence-corrected chi connectivity index (χ1v) is 5.50. The van der Waals surface area contributed by atoms with Crippen LogP contribution in [0.1, 0.15) is 41.6 Å². The molecule has 0 fully saturated rings. The Labute approximate surface area is 120 Å². The molecule has 0 unspecified atom stereocenters. The number of fused-ring (bicyclic) bond motifs is 1. The quantitative estimate of drug-likeness (QED) is 0.619. The van der Waals surface area contributed by atoms with Gasteiger partial charge in [0.15, 0.2) is 5.69 Å². The molecule has 22 heavy (non-hydrogen) atoms. The van der Waals surface area contributed by atoms with E-state index in [4.69, 9.17) is 15.3 Å². The fourth-order valence-corrected chi connectivity index (χ4v) is 1.99. The van der Waals surface area contributed by atoms with E-state index in [0.29, 0.717) is 0 Å². The normalized spacial score (nSPS) is 10.4. The topological polar surface area (TPSA) is 175 Å². The van der Waals surface area contributed by atoms with Crippen LogP contribution in [0.15, 0.2) is 12.4 Å². The maximum Gasteiger partial charge on any atom is 0.355 e. The molecule has 10 nitrogen and oxygen atoms in total. The van der Waals surface area contributed by atoms with E-state index in [-0.39, 0.29) is 5.52 Å². The minimum atomic E-state index is -1.82. The number of rotatable bonds is 4. The van der Waals surface area contributed by atoms with Gasteiger partial charge in [0.05, 0.1) is 22.2 Å². The van der Waals surface area contributed by atoms with Gasteiger partial charge in [-0.1, -0.05) is 0 Å². The predicted octanol–water partition coefficient (Wildman–Crippen LogP) is 0.423. The number of hydrogen-bond acceptors (Lipinski definition) is 6. The maximum absolute atomic E-state index is 11.4. The van der Waals surface area contributed by atoms with Crippen molar-refractivity contribution in [3.05, 3.63) is 34.8 Å². The molecular weight excluding hydrogens is 300 g/mol. The second-order valence-electron chi connectivity index (χ2n) is 4.01. The van der Waals surface area contributed by atoms with Crippen LogP contribution in [0.4, 0.5) is 0 Å². The SMILES string of the molecule is O=C(O)c1cc2ncnc(C(=O)O)c2c(C(=O)O)c1C(=O)O. The van der Waals surface area contributed by atoms with Gasteiger partial charge in [-0.25, -0.2) is 29.1 Å². The molecule has 0 aliphatic carbocycles. The molecule has 2 rings (SSSR count). The van der Waals surface area contributed by atoms with Crippen molar-refractivity contribution in [1.82, 2.24) is 9.97 Å². The summed E-state index contributed by atoms with van der Waals surface area (Å²) < 4.78 is 0. The van der Waals surface area contributed by atoms with Gasteiger partial charge < -0.3 is 20.4 Å². The van der Waals surface area contributed by atoms with Crippen molar-refractivity contribution in [2.24, 2.45) is 0 Å². The van der Waals surface area contributed by atoms with E-state index in [0.717, 1.165) is 12.4 Å². The van der Waals surface area contributed by atoms with Crippen LogP contribution < -0.4 is 0 Å². The first-order chi connectivity index (χ1) is 10.3. The first kappa shape index (κ1) is 14.8. The molecule has 0 radical (unpaired) electrons. The maximum atomic E-state index is 11.4. The van der Waals surface area contributed by atoms with Crippen molar-refractivity contribution >= 4 is 34.8 Å². The fourth-order valence-electron chi connectivity index (χ4n) is 1.99. The number of aromatic carboxylic acids is 4. The molecular formula is C12H6N2O8. The molecule has 0 bridgehead atoms. The van der Waals surface area contributed by atoms with Crippen molar-refractivity contribution in [2.75, 3.05) is 0 Å². The van der Waals surface area contributed by atoms with Gasteiger partial charge in [-0.3, -0.25) is 0 Å². The number of hydrogen-bond donors (Lipinski definition) is 4. The average molecular weight is 306 g/mol. The molecule has 4 N–H and O–H groups in total. The van der Waals surface area contributed by atoms with Gasteiger partial charge >= 0.3 is 23.9 Å². The van der Waals surface area contributed by atoms with E-state index in [2.05, 4.69) is 9.97 Å². The Morgan fingerprint density at radius 2 is 1.36 bits per heavy atom. The molecule has 0 aliphatic heterocycles. The lowest BCUT2D eigenvalue weighted by molar-refractivity contribution is 0.0634. The lowest BCUT2D eigenvalue weighted by Gasteiger charge is -2.10. The summed E-state index contributed by atoms with van der Waals surface area (Å²) in [5.74, 6) is -6.91. The van der Waals surface area contributed by atoms with Crippen LogP contribution in [-0.2, 0) is 0 Å². The van der Waals surface area contributed by atoms with E-state index in [1.807, 2.05) is 0 Å². The number of benzene rings is 1. The molecule has 1 heterocycles. The van der Waals surface area contributed by atoms with E-state index in [9.17, 15) is 24.3 Å². The number of carboxylic acids is 4. The number of carboxylic acid groups (broad SMARTS) is 4. The lowest BCUT2D eigenvalue weighted by Crippen LogP contribution is -2.17. The van der Waals surface area contributed by atoms with Crippen LogP contribution in [0.5, 0.6) is 0 Å². The number of nitrogens with zero attached hydrogens (tertiary/aromatic N) is 2. The smallest absolute Gasteiger partial charge is 0.355 e. The summed E-state index contributed by atoms with van der Waals surface area (Å²) >= 11 is 0. The molecule has 0 amide bonds. The van der Waals surface area contributed by atoms with Crippen molar-refractivity contribution in [3.63, 3.8) is 0 Å². The molecule has 1 aromatic heterocycles. The zero-order chi connectivity index (χ0) is 16.6. The Hall–Kier alpha value is -3.56. The monoisotopic (exact) mass is 306 g/mol. The lowest BCUT2D eigenvalue weighted by atomic mass is 9.95. The molecule has 2 aromatic rings. The summed E-state index contributed by atoms with van der Waals surface area (Å²) in [6.45, 7) is 0. The first-order valence-electron chi connectivity index (χ1n) is 5.50. The summed E-state index contributed by atoms with van der Waals surface area (Å²) in [6.07, 6.45) is 0.809. The van der Waals surface area contributed by atoms with E-state index < -0.39 is 51.6 Å². The van der Waals surface area contributed by atoms with Gasteiger partial charge in [-0.05, 0) is 6.07 Å². The third-order valence-electron chi connectivity index (χ3n) is 2.79. The third kappa shape index (κ3) is 2.18. The van der Waals surface area contributed by atoms with E-state index >= 15 is 0 Å². The Morgan fingerprint density at radius 1 is 0.773 bits per heavy atom. The molecule has 0 aliphatic rings. The van der Waals surface area contributed by atoms with E-state index in [1.54, 1.807) is 0 Å². The van der Waals surface area contributed by atoms with Crippen molar-refractivity contribution < 1.29 is 39.6 Å². The molecule has 0 spiro atoms. The second kappa shape index (κ2) is 5.09. The highest BCUT2D eigenvalue weighted by Gasteiger charge is 2.30. The van der Waals surface area contributed by atoms with Gasteiger partial charge in [0.2, 0.25) is 0 Å². The summed E-state index contributed by atoms with van der Waals surface area (Å²) in [7, 11) is 0. The van der Waals surface area contributed by atoms with Crippen LogP contribution >= 0.6 is 0 Å². The highest BCUT2D eigenvalue weighted by molar-refractivity contribution is 6.19. The molecule has 0 atom stereocenters. The molecule has 1 aromatic carbocycles. The summed E-state index contributed by atoms with van der Waals surface area (Å²) in [5.41, 5.74) is -3.87. The van der Waals surface area contributed by atoms with Crippen LogP contribution in [0, 0.1) is 0 Å². The fraction of sp³-hybridized carbons (Fsp3) is 0. The van der Waals surface area contributed by atoms with Gasteiger partial charge in [0.1, 0.15) is 6.33 Å². The van der Waals surface area contributed by atoms with Crippen LogP contribution in [0.2, 0.25) is 0 Å². The highest BCUT2D eigenvalue weighted by Crippen LogP contribution is 2.27. The Morgan fingerprint density at radius 3 is 1.82 bits per heavy atom.